The smallest absolute Gasteiger partial charge is 0.220 e. The molecule has 19 heteroatoms. The van der Waals surface area contributed by atoms with Gasteiger partial charge in [0.15, 0.2) is 18.9 Å². The Kier molecular flexibility index (Phi) is 17.3. The second kappa shape index (κ2) is 20.1. The normalized spacial score (nSPS) is 41.3. The van der Waals surface area contributed by atoms with Gasteiger partial charge in [-0.15, -0.1) is 0 Å². The molecule has 3 heterocycles. The van der Waals surface area contributed by atoms with E-state index in [1.54, 1.807) is 6.92 Å². The molecule has 0 aliphatic carbocycles. The number of unbranched alkanes of at least 4 members (excludes halogenated alkanes) is 3. The average molecular weight is 718 g/mol. The molecule has 49 heavy (non-hydrogen) atoms. The highest BCUT2D eigenvalue weighted by atomic mass is 16.8. The summed E-state index contributed by atoms with van der Waals surface area (Å²) in [5.74, 6) is -0.344. The highest BCUT2D eigenvalue weighted by molar-refractivity contribution is 5.75. The van der Waals surface area contributed by atoms with Crippen LogP contribution in [0.1, 0.15) is 52.4 Å². The Morgan fingerprint density at radius 1 is 0.653 bits per heavy atom. The van der Waals surface area contributed by atoms with Crippen LogP contribution >= 0.6 is 0 Å². The molecule has 17 unspecified atom stereocenters. The molecule has 17 atom stereocenters. The molecular formula is C30H55NO18. The molecule has 0 aromatic rings. The van der Waals surface area contributed by atoms with Crippen LogP contribution in [0.5, 0.6) is 0 Å². The van der Waals surface area contributed by atoms with Crippen molar-refractivity contribution in [2.75, 3.05) is 26.4 Å². The van der Waals surface area contributed by atoms with Crippen molar-refractivity contribution < 1.29 is 89.4 Å². The maximum atomic E-state index is 12.1. The number of aliphatic hydroxyl groups excluding tert-OH is 11. The second-order valence-corrected chi connectivity index (χ2v) is 12.6. The van der Waals surface area contributed by atoms with E-state index in [0.717, 1.165) is 19.3 Å². The Bertz CT molecular complexity index is 962. The molecule has 3 fully saturated rings. The van der Waals surface area contributed by atoms with Gasteiger partial charge in [0.1, 0.15) is 73.2 Å². The summed E-state index contributed by atoms with van der Waals surface area (Å²) in [4.78, 5) is 12.1. The zero-order chi connectivity index (χ0) is 36.4. The van der Waals surface area contributed by atoms with Crippen molar-refractivity contribution in [2.24, 2.45) is 0 Å². The first kappa shape index (κ1) is 42.2. The van der Waals surface area contributed by atoms with E-state index in [9.17, 15) is 61.0 Å². The van der Waals surface area contributed by atoms with Gasteiger partial charge in [0.05, 0.1) is 38.6 Å². The fourth-order valence-electron chi connectivity index (χ4n) is 5.92. The van der Waals surface area contributed by atoms with E-state index < -0.39 is 124 Å². The largest absolute Gasteiger partial charge is 0.394 e. The zero-order valence-electron chi connectivity index (χ0n) is 27.7. The molecule has 1 amide bonds. The lowest BCUT2D eigenvalue weighted by atomic mass is 9.96. The van der Waals surface area contributed by atoms with E-state index in [4.69, 9.17) is 28.4 Å². The number of ether oxygens (including phenoxy) is 6. The Labute approximate surface area is 283 Å². The van der Waals surface area contributed by atoms with Crippen molar-refractivity contribution in [1.29, 1.82) is 0 Å². The maximum absolute atomic E-state index is 12.1. The van der Waals surface area contributed by atoms with E-state index >= 15 is 0 Å². The maximum Gasteiger partial charge on any atom is 0.220 e. The molecule has 0 aromatic carbocycles. The van der Waals surface area contributed by atoms with Crippen LogP contribution in [0.2, 0.25) is 0 Å². The first-order valence-electron chi connectivity index (χ1n) is 16.8. The minimum Gasteiger partial charge on any atom is -0.394 e. The van der Waals surface area contributed by atoms with Crippen LogP contribution in [0.3, 0.4) is 0 Å². The minimum atomic E-state index is -1.96. The van der Waals surface area contributed by atoms with E-state index in [1.165, 1.54) is 0 Å². The Hall–Kier alpha value is -1.21. The summed E-state index contributed by atoms with van der Waals surface area (Å²) >= 11 is 0. The van der Waals surface area contributed by atoms with E-state index in [-0.39, 0.29) is 18.9 Å². The van der Waals surface area contributed by atoms with Gasteiger partial charge in [0.25, 0.3) is 0 Å². The standard InChI is InChI=1S/C30H55NO18/c1-3-5-6-7-8-14(35)13(31-18(36)4-2)12-44-28-24(42)21(39)26(16(10-33)46-28)49-30-25(43)22(40)27(17(11-34)47-30)48-29-23(41)20(38)19(37)15(9-32)45-29/h13-17,19-30,32-35,37-43H,3-12H2,1-2H3,(H,31,36). The van der Waals surface area contributed by atoms with Gasteiger partial charge in [-0.2, -0.15) is 0 Å². The highest BCUT2D eigenvalue weighted by Gasteiger charge is 2.53. The molecule has 3 aliphatic rings. The third-order valence-electron chi connectivity index (χ3n) is 9.00. The van der Waals surface area contributed by atoms with Crippen molar-refractivity contribution in [2.45, 2.75) is 157 Å². The fourth-order valence-corrected chi connectivity index (χ4v) is 5.92. The van der Waals surface area contributed by atoms with Crippen LogP contribution in [0.4, 0.5) is 0 Å². The first-order chi connectivity index (χ1) is 23.3. The SMILES string of the molecule is CCCCCCC(O)C(COC1OC(CO)C(OC2OC(CO)C(OC3OC(CO)C(O)C(O)C3O)C(O)C2O)C(O)C1O)NC(=O)CC. The number of hydrogen-bond acceptors (Lipinski definition) is 18. The van der Waals surface area contributed by atoms with E-state index in [2.05, 4.69) is 12.2 Å². The summed E-state index contributed by atoms with van der Waals surface area (Å²) < 4.78 is 33.4. The van der Waals surface area contributed by atoms with Gasteiger partial charge in [-0.3, -0.25) is 4.79 Å². The van der Waals surface area contributed by atoms with Crippen LogP contribution in [-0.4, -0.2) is 193 Å². The van der Waals surface area contributed by atoms with E-state index in [1.807, 2.05) is 0 Å². The third-order valence-corrected chi connectivity index (χ3v) is 9.00. The summed E-state index contributed by atoms with van der Waals surface area (Å²) in [5, 5.41) is 117. The summed E-state index contributed by atoms with van der Waals surface area (Å²) in [6.45, 7) is 0.972. The summed E-state index contributed by atoms with van der Waals surface area (Å²) in [5.41, 5.74) is 0. The molecule has 3 rings (SSSR count). The third kappa shape index (κ3) is 10.7. The lowest BCUT2D eigenvalue weighted by Crippen LogP contribution is -2.66. The highest BCUT2D eigenvalue weighted by Crippen LogP contribution is 2.32. The van der Waals surface area contributed by atoms with Crippen molar-refractivity contribution in [3.05, 3.63) is 0 Å². The monoisotopic (exact) mass is 717 g/mol. The number of carbonyl (C=O) groups excluding carboxylic acids is 1. The number of carbonyl (C=O) groups is 1. The van der Waals surface area contributed by atoms with Crippen LogP contribution in [-0.2, 0) is 33.2 Å². The lowest BCUT2D eigenvalue weighted by molar-refractivity contribution is -0.379. The van der Waals surface area contributed by atoms with Crippen molar-refractivity contribution in [1.82, 2.24) is 5.32 Å². The van der Waals surface area contributed by atoms with Gasteiger partial charge in [-0.1, -0.05) is 39.5 Å². The number of amides is 1. The van der Waals surface area contributed by atoms with Crippen LogP contribution in [0, 0.1) is 0 Å². The fraction of sp³-hybridized carbons (Fsp3) is 0.967. The molecule has 3 aliphatic heterocycles. The summed E-state index contributed by atoms with van der Waals surface area (Å²) in [7, 11) is 0. The quantitative estimate of drug-likeness (QED) is 0.0589. The van der Waals surface area contributed by atoms with Crippen molar-refractivity contribution >= 4 is 5.91 Å². The van der Waals surface area contributed by atoms with Crippen LogP contribution in [0.25, 0.3) is 0 Å². The molecular weight excluding hydrogens is 662 g/mol. The van der Waals surface area contributed by atoms with E-state index in [0.29, 0.717) is 12.8 Å². The molecule has 0 spiro atoms. The second-order valence-electron chi connectivity index (χ2n) is 12.6. The van der Waals surface area contributed by atoms with Gasteiger partial charge in [0, 0.05) is 6.42 Å². The minimum absolute atomic E-state index is 0.146. The predicted molar refractivity (Wildman–Crippen MR) is 162 cm³/mol. The Morgan fingerprint density at radius 2 is 1.14 bits per heavy atom. The molecule has 0 saturated carbocycles. The first-order valence-corrected chi connectivity index (χ1v) is 16.8. The topological polar surface area (TPSA) is 307 Å². The van der Waals surface area contributed by atoms with Gasteiger partial charge in [-0.25, -0.2) is 0 Å². The number of nitrogens with one attached hydrogen (secondary N) is 1. The number of hydrogen-bond donors (Lipinski definition) is 12. The van der Waals surface area contributed by atoms with Gasteiger partial charge in [-0.05, 0) is 6.42 Å². The van der Waals surface area contributed by atoms with Crippen LogP contribution < -0.4 is 5.32 Å². The Balaban J connectivity index is 1.65. The van der Waals surface area contributed by atoms with Gasteiger partial charge in [0.2, 0.25) is 5.91 Å². The molecule has 12 N–H and O–H groups in total. The van der Waals surface area contributed by atoms with Gasteiger partial charge < -0.3 is 89.9 Å². The molecule has 0 radical (unpaired) electrons. The molecule has 3 saturated heterocycles. The Morgan fingerprint density at radius 3 is 1.65 bits per heavy atom. The summed E-state index contributed by atoms with van der Waals surface area (Å²) in [6.07, 6.45) is -22.3. The molecule has 0 bridgehead atoms. The van der Waals surface area contributed by atoms with Crippen LogP contribution in [0.15, 0.2) is 0 Å². The van der Waals surface area contributed by atoms with Crippen molar-refractivity contribution in [3.63, 3.8) is 0 Å². The molecule has 0 aromatic heterocycles. The predicted octanol–water partition coefficient (Wildman–Crippen LogP) is -5.32. The van der Waals surface area contributed by atoms with Gasteiger partial charge >= 0.3 is 0 Å². The molecule has 19 nitrogen and oxygen atoms in total. The zero-order valence-corrected chi connectivity index (χ0v) is 27.7. The summed E-state index contributed by atoms with van der Waals surface area (Å²) in [6, 6.07) is -0.871. The number of aliphatic hydroxyl groups is 11. The average Bonchev–Trinajstić information content (AvgIpc) is 3.10. The lowest BCUT2D eigenvalue weighted by Gasteiger charge is -2.48. The molecule has 288 valence electrons. The number of rotatable bonds is 18. The van der Waals surface area contributed by atoms with Crippen molar-refractivity contribution in [3.8, 4) is 0 Å².